The minimum Gasteiger partial charge on any atom is -0.390 e. The van der Waals surface area contributed by atoms with E-state index in [1.165, 1.54) is 0 Å². The lowest BCUT2D eigenvalue weighted by Gasteiger charge is -2.33. The number of aliphatic hydroxyl groups is 1. The maximum atomic E-state index is 12.9. The number of nitrogens with one attached hydrogen (secondary N) is 1. The van der Waals surface area contributed by atoms with Crippen molar-refractivity contribution in [2.45, 2.75) is 6.61 Å². The lowest BCUT2D eigenvalue weighted by molar-refractivity contribution is 0.102. The average molecular weight is 459 g/mol. The summed E-state index contributed by atoms with van der Waals surface area (Å²) in [5.41, 5.74) is 3.62. The smallest absolute Gasteiger partial charge is 0.258 e. The van der Waals surface area contributed by atoms with Gasteiger partial charge in [-0.05, 0) is 30.8 Å². The van der Waals surface area contributed by atoms with Crippen molar-refractivity contribution in [2.24, 2.45) is 7.05 Å². The highest BCUT2D eigenvalue weighted by Crippen LogP contribution is 2.27. The number of carbonyl (C=O) groups is 1. The zero-order valence-corrected chi connectivity index (χ0v) is 19.1. The second-order valence-electron chi connectivity index (χ2n) is 8.40. The summed E-state index contributed by atoms with van der Waals surface area (Å²) in [4.78, 5) is 30.7. The van der Waals surface area contributed by atoms with Crippen LogP contribution in [0.1, 0.15) is 16.1 Å². The van der Waals surface area contributed by atoms with Gasteiger partial charge in [-0.25, -0.2) is 15.0 Å². The van der Waals surface area contributed by atoms with Gasteiger partial charge in [0.05, 0.1) is 24.0 Å². The van der Waals surface area contributed by atoms with Crippen LogP contribution in [-0.2, 0) is 13.7 Å². The molecule has 1 saturated heterocycles. The minimum atomic E-state index is -0.289. The molecule has 0 saturated carbocycles. The summed E-state index contributed by atoms with van der Waals surface area (Å²) < 4.78 is 1.65. The fourth-order valence-corrected chi connectivity index (χ4v) is 4.08. The van der Waals surface area contributed by atoms with E-state index in [4.69, 9.17) is 0 Å². The maximum absolute atomic E-state index is 12.9. The van der Waals surface area contributed by atoms with Crippen molar-refractivity contribution in [1.29, 1.82) is 0 Å². The number of likely N-dealkylation sites (N-methyl/N-ethyl adjacent to an activating group) is 1. The highest BCUT2D eigenvalue weighted by atomic mass is 16.3. The number of fused-ring (bicyclic) bond motifs is 1. The summed E-state index contributed by atoms with van der Waals surface area (Å²) >= 11 is 0. The van der Waals surface area contributed by atoms with Crippen LogP contribution in [0.15, 0.2) is 48.9 Å². The van der Waals surface area contributed by atoms with Crippen molar-refractivity contribution < 1.29 is 9.90 Å². The Bertz CT molecular complexity index is 1340. The van der Waals surface area contributed by atoms with E-state index in [2.05, 4.69) is 42.2 Å². The van der Waals surface area contributed by atoms with Gasteiger partial charge in [-0.15, -0.1) is 0 Å². The number of anilines is 2. The number of nitrogens with zero attached hydrogens (tertiary/aromatic N) is 7. The zero-order valence-electron chi connectivity index (χ0n) is 19.1. The molecule has 1 aliphatic rings. The Kier molecular flexibility index (Phi) is 5.91. The maximum Gasteiger partial charge on any atom is 0.258 e. The molecule has 1 aromatic carbocycles. The summed E-state index contributed by atoms with van der Waals surface area (Å²) in [5.74, 6) is 0.727. The van der Waals surface area contributed by atoms with E-state index >= 15 is 0 Å². The first-order chi connectivity index (χ1) is 16.5. The molecule has 0 radical (unpaired) electrons. The van der Waals surface area contributed by atoms with Crippen molar-refractivity contribution in [2.75, 3.05) is 43.4 Å². The van der Waals surface area contributed by atoms with Crippen LogP contribution < -0.4 is 10.2 Å². The number of benzene rings is 1. The minimum absolute atomic E-state index is 0.114. The van der Waals surface area contributed by atoms with Crippen LogP contribution in [-0.4, -0.2) is 73.9 Å². The molecule has 4 heterocycles. The van der Waals surface area contributed by atoms with Gasteiger partial charge in [0.2, 0.25) is 5.95 Å². The molecule has 1 aliphatic heterocycles. The zero-order chi connectivity index (χ0) is 23.7. The number of carbonyl (C=O) groups excluding carboxylic acids is 1. The van der Waals surface area contributed by atoms with Crippen LogP contribution in [0.25, 0.3) is 22.0 Å². The Labute approximate surface area is 196 Å². The highest BCUT2D eigenvalue weighted by molar-refractivity contribution is 6.04. The molecule has 34 heavy (non-hydrogen) atoms. The molecule has 0 aliphatic carbocycles. The molecular weight excluding hydrogens is 432 g/mol. The number of pyridine rings is 1. The van der Waals surface area contributed by atoms with Gasteiger partial charge in [0.15, 0.2) is 0 Å². The van der Waals surface area contributed by atoms with Gasteiger partial charge in [0.1, 0.15) is 5.82 Å². The van der Waals surface area contributed by atoms with Crippen LogP contribution in [0.3, 0.4) is 0 Å². The van der Waals surface area contributed by atoms with Gasteiger partial charge in [-0.1, -0.05) is 12.1 Å². The molecule has 1 amide bonds. The first-order valence-electron chi connectivity index (χ1n) is 11.1. The Morgan fingerprint density at radius 2 is 1.88 bits per heavy atom. The van der Waals surface area contributed by atoms with Crippen molar-refractivity contribution in [3.05, 3.63) is 60.2 Å². The van der Waals surface area contributed by atoms with Crippen molar-refractivity contribution >= 4 is 28.6 Å². The monoisotopic (exact) mass is 458 g/mol. The fraction of sp³-hybridized carbons (Fsp3) is 0.292. The molecule has 174 valence electrons. The van der Waals surface area contributed by atoms with E-state index < -0.39 is 0 Å². The summed E-state index contributed by atoms with van der Waals surface area (Å²) in [6.07, 6.45) is 5.06. The van der Waals surface area contributed by atoms with Crippen LogP contribution in [0, 0.1) is 0 Å². The molecule has 10 heteroatoms. The topological polar surface area (TPSA) is 112 Å². The quantitative estimate of drug-likeness (QED) is 0.467. The van der Waals surface area contributed by atoms with Crippen LogP contribution in [0.4, 0.5) is 11.8 Å². The third-order valence-corrected chi connectivity index (χ3v) is 6.17. The lowest BCUT2D eigenvalue weighted by atomic mass is 10.0. The second-order valence-corrected chi connectivity index (χ2v) is 8.40. The number of amides is 1. The van der Waals surface area contributed by atoms with E-state index in [0.717, 1.165) is 54.2 Å². The van der Waals surface area contributed by atoms with Crippen LogP contribution >= 0.6 is 0 Å². The SMILES string of the molecule is CN1CCN(c2cc(C(=O)Nc3ncc4ccc(-c5cnn(C)c5CO)cc4n3)ccn2)CC1. The Morgan fingerprint density at radius 3 is 2.68 bits per heavy atom. The van der Waals surface area contributed by atoms with Crippen molar-refractivity contribution in [3.63, 3.8) is 0 Å². The number of aromatic nitrogens is 5. The molecule has 4 aromatic rings. The molecule has 1 fully saturated rings. The average Bonchev–Trinajstić information content (AvgIpc) is 3.24. The Balaban J connectivity index is 1.37. The number of piperazine rings is 1. The number of aliphatic hydroxyl groups excluding tert-OH is 1. The van der Waals surface area contributed by atoms with Crippen LogP contribution in [0.5, 0.6) is 0 Å². The normalized spacial score (nSPS) is 14.5. The summed E-state index contributed by atoms with van der Waals surface area (Å²) in [5, 5.41) is 17.6. The van der Waals surface area contributed by atoms with Crippen molar-refractivity contribution in [3.8, 4) is 11.1 Å². The van der Waals surface area contributed by atoms with Crippen molar-refractivity contribution in [1.82, 2.24) is 29.6 Å². The van der Waals surface area contributed by atoms with Gasteiger partial charge < -0.3 is 14.9 Å². The summed E-state index contributed by atoms with van der Waals surface area (Å²) in [6.45, 7) is 3.56. The number of hydrogen-bond donors (Lipinski definition) is 2. The van der Waals surface area contributed by atoms with Gasteiger partial charge in [0.25, 0.3) is 5.91 Å². The standard InChI is InChI=1S/C24H26N8O2/c1-30-7-9-32(10-8-30)22-12-17(5-6-25-22)23(34)29-24-26-13-18-4-3-16(11-20(18)28-24)19-14-27-31(2)21(19)15-33/h3-6,11-14,33H,7-10,15H2,1-2H3,(H,26,28,29,34). The second kappa shape index (κ2) is 9.16. The number of rotatable bonds is 5. The molecule has 0 bridgehead atoms. The number of hydrogen-bond acceptors (Lipinski definition) is 8. The molecule has 0 spiro atoms. The first-order valence-corrected chi connectivity index (χ1v) is 11.1. The van der Waals surface area contributed by atoms with Gasteiger partial charge in [0, 0.05) is 62.1 Å². The molecule has 2 N–H and O–H groups in total. The van der Waals surface area contributed by atoms with E-state index in [0.29, 0.717) is 11.1 Å². The third-order valence-electron chi connectivity index (χ3n) is 6.17. The van der Waals surface area contributed by atoms with E-state index in [-0.39, 0.29) is 18.5 Å². The lowest BCUT2D eigenvalue weighted by Crippen LogP contribution is -2.44. The summed E-state index contributed by atoms with van der Waals surface area (Å²) in [7, 11) is 3.89. The predicted octanol–water partition coefficient (Wildman–Crippen LogP) is 1.92. The molecule has 10 nitrogen and oxygen atoms in total. The van der Waals surface area contributed by atoms with Gasteiger partial charge in [-0.3, -0.25) is 14.8 Å². The first kappa shape index (κ1) is 21.9. The van der Waals surface area contributed by atoms with Gasteiger partial charge in [-0.2, -0.15) is 5.10 Å². The predicted molar refractivity (Wildman–Crippen MR) is 130 cm³/mol. The molecule has 3 aromatic heterocycles. The Morgan fingerprint density at radius 1 is 1.06 bits per heavy atom. The van der Waals surface area contributed by atoms with Crippen LogP contribution in [0.2, 0.25) is 0 Å². The summed E-state index contributed by atoms with van der Waals surface area (Å²) in [6, 6.07) is 9.25. The van der Waals surface area contributed by atoms with Gasteiger partial charge >= 0.3 is 0 Å². The van der Waals surface area contributed by atoms with E-state index in [1.54, 1.807) is 42.5 Å². The van der Waals surface area contributed by atoms with E-state index in [9.17, 15) is 9.90 Å². The van der Waals surface area contributed by atoms with E-state index in [1.807, 2.05) is 18.2 Å². The highest BCUT2D eigenvalue weighted by Gasteiger charge is 2.17. The largest absolute Gasteiger partial charge is 0.390 e. The molecular formula is C24H26N8O2. The molecule has 5 rings (SSSR count). The molecule has 0 unspecified atom stereocenters. The Hall–Kier alpha value is -3.89. The molecule has 0 atom stereocenters. The third kappa shape index (κ3) is 4.33. The number of aryl methyl sites for hydroxylation is 1. The fourth-order valence-electron chi connectivity index (χ4n) is 4.08.